The van der Waals surface area contributed by atoms with Crippen LogP contribution in [-0.4, -0.2) is 11.8 Å². The smallest absolute Gasteiger partial charge is 0.325 e. The summed E-state index contributed by atoms with van der Waals surface area (Å²) in [7, 11) is 0. The van der Waals surface area contributed by atoms with Gasteiger partial charge < -0.3 is 10.6 Å². The molecular formula is C18H16ClF3N2O2. The van der Waals surface area contributed by atoms with Crippen molar-refractivity contribution in [1.29, 1.82) is 0 Å². The molecule has 0 aromatic heterocycles. The molecular weight excluding hydrogens is 369 g/mol. The van der Waals surface area contributed by atoms with Crippen molar-refractivity contribution in [3.8, 4) is 0 Å². The highest BCUT2D eigenvalue weighted by Gasteiger charge is 2.39. The van der Waals surface area contributed by atoms with E-state index in [1.807, 2.05) is 0 Å². The third-order valence-electron chi connectivity index (χ3n) is 3.70. The number of hydrogen-bond acceptors (Lipinski definition) is 2. The van der Waals surface area contributed by atoms with Crippen LogP contribution in [0.1, 0.15) is 19.4 Å². The van der Waals surface area contributed by atoms with Crippen molar-refractivity contribution in [3.05, 3.63) is 59.1 Å². The fraction of sp³-hybridized carbons (Fsp3) is 0.222. The lowest BCUT2D eigenvalue weighted by Gasteiger charge is -2.24. The van der Waals surface area contributed by atoms with E-state index in [-0.39, 0.29) is 5.02 Å². The van der Waals surface area contributed by atoms with Gasteiger partial charge in [0.05, 0.1) is 11.3 Å². The number of benzene rings is 2. The van der Waals surface area contributed by atoms with E-state index in [0.29, 0.717) is 11.8 Å². The largest absolute Gasteiger partial charge is 0.418 e. The van der Waals surface area contributed by atoms with Crippen molar-refractivity contribution in [2.45, 2.75) is 20.0 Å². The van der Waals surface area contributed by atoms with Crippen LogP contribution in [0.15, 0.2) is 48.5 Å². The number of rotatable bonds is 4. The van der Waals surface area contributed by atoms with E-state index in [1.54, 1.807) is 30.3 Å². The first-order valence-electron chi connectivity index (χ1n) is 7.56. The summed E-state index contributed by atoms with van der Waals surface area (Å²) < 4.78 is 39.4. The van der Waals surface area contributed by atoms with Gasteiger partial charge in [0.1, 0.15) is 5.41 Å². The molecule has 0 aliphatic carbocycles. The molecule has 138 valence electrons. The summed E-state index contributed by atoms with van der Waals surface area (Å²) in [4.78, 5) is 24.8. The van der Waals surface area contributed by atoms with Gasteiger partial charge in [0.2, 0.25) is 11.8 Å². The van der Waals surface area contributed by atoms with Crippen molar-refractivity contribution < 1.29 is 22.8 Å². The minimum Gasteiger partial charge on any atom is -0.325 e. The van der Waals surface area contributed by atoms with E-state index >= 15 is 0 Å². The highest BCUT2D eigenvalue weighted by atomic mass is 35.5. The van der Waals surface area contributed by atoms with Gasteiger partial charge in [0, 0.05) is 10.7 Å². The molecule has 0 saturated heterocycles. The van der Waals surface area contributed by atoms with Crippen LogP contribution in [-0.2, 0) is 15.8 Å². The second kappa shape index (κ2) is 7.37. The van der Waals surface area contributed by atoms with Crippen LogP contribution >= 0.6 is 11.6 Å². The van der Waals surface area contributed by atoms with Gasteiger partial charge >= 0.3 is 6.18 Å². The monoisotopic (exact) mass is 384 g/mol. The molecule has 0 aliphatic heterocycles. The van der Waals surface area contributed by atoms with Crippen LogP contribution in [0.4, 0.5) is 24.5 Å². The normalized spacial score (nSPS) is 11.8. The zero-order valence-electron chi connectivity index (χ0n) is 13.9. The molecule has 0 spiro atoms. The Morgan fingerprint density at radius 1 is 0.923 bits per heavy atom. The molecule has 0 saturated carbocycles. The Hall–Kier alpha value is -2.54. The highest BCUT2D eigenvalue weighted by molar-refractivity contribution is 6.30. The average molecular weight is 385 g/mol. The Labute approximate surface area is 153 Å². The quantitative estimate of drug-likeness (QED) is 0.732. The first-order chi connectivity index (χ1) is 12.0. The van der Waals surface area contributed by atoms with E-state index in [2.05, 4.69) is 10.6 Å². The second-order valence-electron chi connectivity index (χ2n) is 6.09. The lowest BCUT2D eigenvalue weighted by atomic mass is 9.90. The standard InChI is InChI=1S/C18H16ClF3N2O2/c1-17(2,15(25)23-12-6-4-3-5-7-12)16(26)24-14-9-8-11(19)10-13(14)18(20,21)22/h3-10H,1-2H3,(H,23,25)(H,24,26). The zero-order valence-corrected chi connectivity index (χ0v) is 14.7. The molecule has 0 radical (unpaired) electrons. The molecule has 0 aliphatic rings. The third-order valence-corrected chi connectivity index (χ3v) is 3.94. The van der Waals surface area contributed by atoms with E-state index in [1.165, 1.54) is 19.9 Å². The number of carbonyl (C=O) groups excluding carboxylic acids is 2. The molecule has 2 aromatic rings. The Balaban J connectivity index is 2.22. The lowest BCUT2D eigenvalue weighted by Crippen LogP contribution is -2.41. The summed E-state index contributed by atoms with van der Waals surface area (Å²) in [5, 5.41) is 4.62. The van der Waals surface area contributed by atoms with Crippen LogP contribution < -0.4 is 10.6 Å². The molecule has 4 nitrogen and oxygen atoms in total. The molecule has 0 heterocycles. The summed E-state index contributed by atoms with van der Waals surface area (Å²) in [5.41, 5.74) is -2.69. The lowest BCUT2D eigenvalue weighted by molar-refractivity contribution is -0.137. The Kier molecular flexibility index (Phi) is 5.61. The molecule has 8 heteroatoms. The number of amides is 2. The van der Waals surface area contributed by atoms with Crippen molar-refractivity contribution >= 4 is 34.8 Å². The summed E-state index contributed by atoms with van der Waals surface area (Å²) in [6.07, 6.45) is -4.70. The van der Waals surface area contributed by atoms with Crippen molar-refractivity contribution in [2.75, 3.05) is 10.6 Å². The number of para-hydroxylation sites is 1. The maximum atomic E-state index is 13.1. The summed E-state index contributed by atoms with van der Waals surface area (Å²) in [6, 6.07) is 11.4. The Morgan fingerprint density at radius 2 is 1.50 bits per heavy atom. The molecule has 0 atom stereocenters. The van der Waals surface area contributed by atoms with E-state index in [0.717, 1.165) is 6.07 Å². The highest BCUT2D eigenvalue weighted by Crippen LogP contribution is 2.37. The number of anilines is 2. The number of carbonyl (C=O) groups is 2. The van der Waals surface area contributed by atoms with E-state index < -0.39 is 34.7 Å². The first kappa shape index (κ1) is 19.8. The Morgan fingerprint density at radius 3 is 2.08 bits per heavy atom. The molecule has 0 fully saturated rings. The zero-order chi connectivity index (χ0) is 19.5. The van der Waals surface area contributed by atoms with Gasteiger partial charge in [-0.2, -0.15) is 13.2 Å². The summed E-state index contributed by atoms with van der Waals surface area (Å²) >= 11 is 5.61. The van der Waals surface area contributed by atoms with Gasteiger partial charge in [-0.3, -0.25) is 9.59 Å². The maximum absolute atomic E-state index is 13.1. The Bertz CT molecular complexity index is 821. The number of hydrogen-bond donors (Lipinski definition) is 2. The van der Waals surface area contributed by atoms with Crippen LogP contribution in [0.3, 0.4) is 0 Å². The molecule has 2 rings (SSSR count). The van der Waals surface area contributed by atoms with E-state index in [9.17, 15) is 22.8 Å². The summed E-state index contributed by atoms with van der Waals surface area (Å²) in [5.74, 6) is -1.53. The van der Waals surface area contributed by atoms with Crippen LogP contribution in [0.25, 0.3) is 0 Å². The maximum Gasteiger partial charge on any atom is 0.418 e. The van der Waals surface area contributed by atoms with Crippen molar-refractivity contribution in [1.82, 2.24) is 0 Å². The SMILES string of the molecule is CC(C)(C(=O)Nc1ccccc1)C(=O)Nc1ccc(Cl)cc1C(F)(F)F. The van der Waals surface area contributed by atoms with Gasteiger partial charge in [-0.1, -0.05) is 29.8 Å². The summed E-state index contributed by atoms with van der Waals surface area (Å²) in [6.45, 7) is 2.65. The number of halogens is 4. The molecule has 2 amide bonds. The average Bonchev–Trinajstić information content (AvgIpc) is 2.56. The minimum atomic E-state index is -4.70. The van der Waals surface area contributed by atoms with Gasteiger partial charge in [0.15, 0.2) is 0 Å². The van der Waals surface area contributed by atoms with Crippen LogP contribution in [0.2, 0.25) is 5.02 Å². The van der Waals surface area contributed by atoms with Gasteiger partial charge in [-0.05, 0) is 44.2 Å². The van der Waals surface area contributed by atoms with E-state index in [4.69, 9.17) is 11.6 Å². The minimum absolute atomic E-state index is 0.114. The van der Waals surface area contributed by atoms with Gasteiger partial charge in [0.25, 0.3) is 0 Å². The molecule has 0 unspecified atom stereocenters. The fourth-order valence-electron chi connectivity index (χ4n) is 2.05. The first-order valence-corrected chi connectivity index (χ1v) is 7.94. The molecule has 0 bridgehead atoms. The van der Waals surface area contributed by atoms with Gasteiger partial charge in [-0.25, -0.2) is 0 Å². The molecule has 26 heavy (non-hydrogen) atoms. The van der Waals surface area contributed by atoms with Crippen LogP contribution in [0.5, 0.6) is 0 Å². The number of alkyl halides is 3. The molecule has 2 N–H and O–H groups in total. The predicted octanol–water partition coefficient (Wildman–Crippen LogP) is 4.96. The molecule has 2 aromatic carbocycles. The fourth-order valence-corrected chi connectivity index (χ4v) is 2.22. The topological polar surface area (TPSA) is 58.2 Å². The van der Waals surface area contributed by atoms with Crippen LogP contribution in [0, 0.1) is 5.41 Å². The predicted molar refractivity (Wildman–Crippen MR) is 93.9 cm³/mol. The van der Waals surface area contributed by atoms with Gasteiger partial charge in [-0.15, -0.1) is 0 Å². The van der Waals surface area contributed by atoms with Crippen molar-refractivity contribution in [3.63, 3.8) is 0 Å². The number of nitrogens with one attached hydrogen (secondary N) is 2. The third kappa shape index (κ3) is 4.54. The second-order valence-corrected chi connectivity index (χ2v) is 6.52. The van der Waals surface area contributed by atoms with Crippen molar-refractivity contribution in [2.24, 2.45) is 5.41 Å².